The van der Waals surface area contributed by atoms with Crippen LogP contribution in [-0.4, -0.2) is 27.0 Å². The molecule has 3 aromatic rings. The quantitative estimate of drug-likeness (QED) is 0.0558. The van der Waals surface area contributed by atoms with Crippen LogP contribution in [0.5, 0.6) is 5.88 Å². The molecule has 0 spiro atoms. The molecule has 19 heteroatoms. The average Bonchev–Trinajstić information content (AvgIpc) is 3.16. The maximum absolute atomic E-state index is 13.4. The van der Waals surface area contributed by atoms with Gasteiger partial charge in [0.15, 0.2) is 5.00 Å². The minimum absolute atomic E-state index is 0. The summed E-state index contributed by atoms with van der Waals surface area (Å²) in [6.45, 7) is 17.6. The Balaban J connectivity index is 0.00000342. The van der Waals surface area contributed by atoms with Crippen LogP contribution in [0.25, 0.3) is 15.4 Å². The molecule has 14 nitrogen and oxygen atoms in total. The molecule has 0 amide bonds. The Morgan fingerprint density at radius 2 is 1.84 bits per heavy atom. The van der Waals surface area contributed by atoms with Gasteiger partial charge in [-0.1, -0.05) is 0 Å². The summed E-state index contributed by atoms with van der Waals surface area (Å²) >= 11 is 1.10. The predicted octanol–water partition coefficient (Wildman–Crippen LogP) is -2.72. The molecule has 2 heterocycles. The van der Waals surface area contributed by atoms with Gasteiger partial charge >= 0.3 is 103 Å². The van der Waals surface area contributed by atoms with E-state index in [0.29, 0.717) is 10.3 Å². The number of benzene rings is 1. The van der Waals surface area contributed by atoms with Crippen molar-refractivity contribution in [2.75, 3.05) is 0 Å². The molecule has 2 aromatic heterocycles. The smallest absolute Gasteiger partial charge is 0.744 e. The number of aromatic nitrogens is 2. The zero-order chi connectivity index (χ0) is 25.9. The molecule has 0 aliphatic heterocycles. The average molecular weight is 613 g/mol. The molecule has 0 bridgehead atoms. The van der Waals surface area contributed by atoms with Crippen molar-refractivity contribution in [2.45, 2.75) is 23.6 Å². The third-order valence-electron chi connectivity index (χ3n) is 4.43. The Labute approximate surface area is 303 Å². The molecular weight excluding hydrogens is 603 g/mol. The van der Waals surface area contributed by atoms with Crippen LogP contribution >= 0.6 is 23.6 Å². The van der Waals surface area contributed by atoms with E-state index in [0.717, 1.165) is 29.7 Å². The Kier molecular flexibility index (Phi) is 13.9. The van der Waals surface area contributed by atoms with Crippen molar-refractivity contribution in [1.29, 1.82) is 0 Å². The Bertz CT molecular complexity index is 1610. The number of hydrogen-bond donors (Lipinski definition) is 1. The van der Waals surface area contributed by atoms with Gasteiger partial charge < -0.3 is 14.9 Å². The molecule has 180 valence electrons. The van der Waals surface area contributed by atoms with E-state index < -0.39 is 43.5 Å². The largest absolute Gasteiger partial charge is 1.00 e. The predicted molar refractivity (Wildman–Crippen MR) is 118 cm³/mol. The molecule has 0 saturated heterocycles. The number of rotatable bonds is 7. The van der Waals surface area contributed by atoms with E-state index in [-0.39, 0.29) is 136 Å². The number of aromatic hydroxyl groups is 1. The van der Waals surface area contributed by atoms with Crippen LogP contribution in [0.1, 0.15) is 11.3 Å². The van der Waals surface area contributed by atoms with Crippen LogP contribution in [0.3, 0.4) is 0 Å². The van der Waals surface area contributed by atoms with Crippen LogP contribution in [0.15, 0.2) is 43.0 Å². The minimum Gasteiger partial charge on any atom is -0.744 e. The van der Waals surface area contributed by atoms with E-state index in [4.69, 9.17) is 13.1 Å². The summed E-state index contributed by atoms with van der Waals surface area (Å²) in [6.07, 6.45) is 0. The van der Waals surface area contributed by atoms with Gasteiger partial charge in [-0.25, -0.2) is 22.5 Å². The maximum Gasteiger partial charge on any atom is 1.00 e. The third kappa shape index (κ3) is 7.62. The number of azo groups is 1. The zero-order valence-electron chi connectivity index (χ0n) is 19.4. The first-order valence-electron chi connectivity index (χ1n) is 8.90. The van der Waals surface area contributed by atoms with Gasteiger partial charge in [0.1, 0.15) is 15.8 Å². The van der Waals surface area contributed by atoms with Gasteiger partial charge in [0, 0.05) is 0 Å². The van der Waals surface area contributed by atoms with Gasteiger partial charge in [0.2, 0.25) is 11.6 Å². The van der Waals surface area contributed by atoms with Gasteiger partial charge in [0.05, 0.1) is 46.4 Å². The molecule has 0 fully saturated rings. The Morgan fingerprint density at radius 3 is 2.41 bits per heavy atom. The van der Waals surface area contributed by atoms with Crippen molar-refractivity contribution >= 4 is 55.8 Å². The number of pyridine rings is 1. The van der Waals surface area contributed by atoms with Crippen LogP contribution < -0.4 is 114 Å². The Hall–Kier alpha value is -0.407. The molecular formula is C18H10K2N6O8S3. The third-order valence-corrected chi connectivity index (χ3v) is 6.72. The molecule has 37 heavy (non-hydrogen) atoms. The normalized spacial score (nSPS) is 10.9. The second-order valence-electron chi connectivity index (χ2n) is 6.43. The first kappa shape index (κ1) is 34.6. The fourth-order valence-corrected chi connectivity index (χ4v) is 4.43. The molecule has 0 aliphatic carbocycles. The van der Waals surface area contributed by atoms with E-state index in [1.165, 1.54) is 6.92 Å². The maximum atomic E-state index is 13.4. The molecule has 1 N–H and O–H groups in total. The van der Waals surface area contributed by atoms with Crippen molar-refractivity contribution in [2.24, 2.45) is 10.2 Å². The van der Waals surface area contributed by atoms with Gasteiger partial charge in [-0.15, -0.1) is 10.2 Å². The summed E-state index contributed by atoms with van der Waals surface area (Å²) in [5, 5.41) is 32.1. The summed E-state index contributed by atoms with van der Waals surface area (Å²) in [6, 6.07) is 2.65. The minimum atomic E-state index is -5.01. The van der Waals surface area contributed by atoms with Crippen molar-refractivity contribution in [3.8, 4) is 11.6 Å². The molecule has 1 aromatic carbocycles. The van der Waals surface area contributed by atoms with E-state index in [9.17, 15) is 28.1 Å². The molecule has 0 aliphatic rings. The van der Waals surface area contributed by atoms with E-state index in [1.54, 1.807) is 6.92 Å². The molecule has 0 radical (unpaired) electrons. The molecule has 3 rings (SSSR count). The topological polar surface area (TPSA) is 187 Å². The fourth-order valence-electron chi connectivity index (χ4n) is 2.81. The van der Waals surface area contributed by atoms with Gasteiger partial charge in [-0.2, -0.15) is 4.33 Å². The summed E-state index contributed by atoms with van der Waals surface area (Å²) < 4.78 is 43.4. The summed E-state index contributed by atoms with van der Waals surface area (Å²) in [5.41, 5.74) is -1.90. The van der Waals surface area contributed by atoms with Gasteiger partial charge in [-0.3, -0.25) is 14.4 Å². The fraction of sp³-hybridized carbons (Fsp3) is 0.111. The summed E-state index contributed by atoms with van der Waals surface area (Å²) in [7, 11) is -5.01. The first-order chi connectivity index (χ1) is 16.5. The summed E-state index contributed by atoms with van der Waals surface area (Å²) in [5.74, 6) is -0.901. The van der Waals surface area contributed by atoms with E-state index in [2.05, 4.69) is 33.7 Å². The second kappa shape index (κ2) is 14.8. The second-order valence-corrected chi connectivity index (χ2v) is 9.31. The number of nitrogens with zero attached hydrogens (tertiary/aromatic N) is 6. The van der Waals surface area contributed by atoms with Crippen LogP contribution in [-0.2, 0) is 19.5 Å². The van der Waals surface area contributed by atoms with Crippen LogP contribution in [0.2, 0.25) is 0 Å². The first-order valence-corrected chi connectivity index (χ1v) is 11.8. The molecule has 0 atom stereocenters. The zero-order valence-corrected chi connectivity index (χ0v) is 28.1. The van der Waals surface area contributed by atoms with E-state index in [1.807, 2.05) is 0 Å². The van der Waals surface area contributed by atoms with Gasteiger partial charge in [-0.05, 0) is 49.1 Å². The van der Waals surface area contributed by atoms with Crippen molar-refractivity contribution < 1.29 is 135 Å². The van der Waals surface area contributed by atoms with Crippen molar-refractivity contribution in [3.63, 3.8) is 0 Å². The van der Waals surface area contributed by atoms with Crippen LogP contribution in [0.4, 0.5) is 22.1 Å². The SMILES string of the molecule is [C-]#[N+]c1c(C)nsc1N=Nc1c(C)c([N+]#[C-])c(O)n(-c2cc(S(=O)(=O)[O-])ccc2SOO[O-])c1=O.[K+].[K+]. The molecule has 0 unspecified atom stereocenters. The van der Waals surface area contributed by atoms with Crippen LogP contribution in [0, 0.1) is 27.0 Å². The van der Waals surface area contributed by atoms with Crippen molar-refractivity contribution in [3.05, 3.63) is 62.6 Å². The monoisotopic (exact) mass is 612 g/mol. The number of aryl methyl sites for hydroxylation is 1. The standard InChI is InChI=1S/C18H12N6O8S3.2K/c1-8-13(19-3)17(25)24(11-7-10(35(28,29)30)5-6-12(11)34-32-31-27)18(26)14(8)21-22-16-15(20-4)9(2)23-33-16;;/h5-7,25,27H,1-2H3,(H,28,29,30);;/q;2*+1/p-2. The summed E-state index contributed by atoms with van der Waals surface area (Å²) in [4.78, 5) is 18.9. The van der Waals surface area contributed by atoms with E-state index >= 15 is 0 Å². The Morgan fingerprint density at radius 1 is 1.19 bits per heavy atom. The molecule has 0 saturated carbocycles. The number of hydrogen-bond acceptors (Lipinski definition) is 13. The van der Waals surface area contributed by atoms with Crippen molar-refractivity contribution in [1.82, 2.24) is 8.94 Å². The van der Waals surface area contributed by atoms with Gasteiger partial charge in [0.25, 0.3) is 11.2 Å².